The highest BCUT2D eigenvalue weighted by molar-refractivity contribution is 6.04. The first-order valence-electron chi connectivity index (χ1n) is 9.16. The van der Waals surface area contributed by atoms with Crippen LogP contribution in [-0.4, -0.2) is 50.8 Å². The van der Waals surface area contributed by atoms with Gasteiger partial charge in [0.05, 0.1) is 22.8 Å². The third kappa shape index (κ3) is 3.16. The summed E-state index contributed by atoms with van der Waals surface area (Å²) in [4.78, 5) is 25.4. The lowest BCUT2D eigenvalue weighted by Crippen LogP contribution is -2.37. The molecule has 0 saturated carbocycles. The van der Waals surface area contributed by atoms with Crippen molar-refractivity contribution in [1.82, 2.24) is 14.7 Å². The zero-order valence-electron chi connectivity index (χ0n) is 16.1. The lowest BCUT2D eigenvalue weighted by atomic mass is 10.0. The van der Waals surface area contributed by atoms with Gasteiger partial charge in [-0.15, -0.1) is 0 Å². The van der Waals surface area contributed by atoms with Crippen LogP contribution >= 0.6 is 0 Å². The number of nitriles is 1. The largest absolute Gasteiger partial charge is 0.369 e. The molecule has 3 N–H and O–H groups in total. The Kier molecular flexibility index (Phi) is 4.50. The van der Waals surface area contributed by atoms with E-state index in [9.17, 15) is 14.7 Å². The van der Waals surface area contributed by atoms with Crippen LogP contribution in [0, 0.1) is 23.2 Å². The maximum absolute atomic E-state index is 12.1. The third-order valence-electron chi connectivity index (χ3n) is 5.06. The van der Waals surface area contributed by atoms with Crippen molar-refractivity contribution in [2.45, 2.75) is 12.0 Å². The Hall–Kier alpha value is -4.14. The highest BCUT2D eigenvalue weighted by Crippen LogP contribution is 2.24. The molecule has 2 heterocycles. The van der Waals surface area contributed by atoms with Crippen LogP contribution in [0.15, 0.2) is 42.5 Å². The molecule has 2 aromatic carbocycles. The van der Waals surface area contributed by atoms with Crippen molar-refractivity contribution in [3.8, 4) is 23.6 Å². The SMILES string of the molecule is CN1CC[C@@](O)(C#Cc2cccc(-n3nc(C(N)=O)c4cc(C#N)ccc43)c2)C1=O. The molecule has 1 fully saturated rings. The fourth-order valence-corrected chi connectivity index (χ4v) is 3.43. The molecule has 0 radical (unpaired) electrons. The summed E-state index contributed by atoms with van der Waals surface area (Å²) in [5.41, 5.74) is 6.03. The Morgan fingerprint density at radius 1 is 1.27 bits per heavy atom. The number of likely N-dealkylation sites (tertiary alicyclic amines) is 1. The Morgan fingerprint density at radius 2 is 2.07 bits per heavy atom. The molecule has 1 atom stereocenters. The van der Waals surface area contributed by atoms with Gasteiger partial charge in [-0.05, 0) is 36.4 Å². The number of hydrogen-bond acceptors (Lipinski definition) is 5. The van der Waals surface area contributed by atoms with Crippen LogP contribution in [0.1, 0.15) is 28.0 Å². The molecule has 4 rings (SSSR count). The molecule has 3 aromatic rings. The van der Waals surface area contributed by atoms with E-state index in [0.717, 1.165) is 0 Å². The maximum atomic E-state index is 12.1. The first kappa shape index (κ1) is 19.2. The molecule has 1 aromatic heterocycles. The maximum Gasteiger partial charge on any atom is 0.269 e. The van der Waals surface area contributed by atoms with E-state index in [4.69, 9.17) is 11.0 Å². The number of primary amides is 1. The summed E-state index contributed by atoms with van der Waals surface area (Å²) in [5.74, 6) is 4.43. The summed E-state index contributed by atoms with van der Waals surface area (Å²) < 4.78 is 1.55. The summed E-state index contributed by atoms with van der Waals surface area (Å²) in [7, 11) is 1.62. The fraction of sp³-hybridized carbons (Fsp3) is 0.182. The molecule has 0 bridgehead atoms. The van der Waals surface area contributed by atoms with Crippen LogP contribution in [-0.2, 0) is 4.79 Å². The molecule has 0 spiro atoms. The number of rotatable bonds is 2. The van der Waals surface area contributed by atoms with Crippen LogP contribution in [0.2, 0.25) is 0 Å². The Bertz CT molecular complexity index is 1310. The molecule has 1 saturated heterocycles. The molecule has 8 heteroatoms. The number of benzene rings is 2. The van der Waals surface area contributed by atoms with Crippen molar-refractivity contribution in [1.29, 1.82) is 5.26 Å². The molecule has 0 aliphatic carbocycles. The van der Waals surface area contributed by atoms with Gasteiger partial charge < -0.3 is 15.7 Å². The fourth-order valence-electron chi connectivity index (χ4n) is 3.43. The first-order chi connectivity index (χ1) is 14.3. The monoisotopic (exact) mass is 399 g/mol. The van der Waals surface area contributed by atoms with E-state index < -0.39 is 17.4 Å². The van der Waals surface area contributed by atoms with E-state index in [2.05, 4.69) is 16.9 Å². The van der Waals surface area contributed by atoms with Gasteiger partial charge in [0.2, 0.25) is 5.60 Å². The summed E-state index contributed by atoms with van der Waals surface area (Å²) in [6.45, 7) is 0.448. The lowest BCUT2D eigenvalue weighted by molar-refractivity contribution is -0.137. The normalized spacial score (nSPS) is 18.2. The van der Waals surface area contributed by atoms with Crippen LogP contribution in [0.4, 0.5) is 0 Å². The van der Waals surface area contributed by atoms with Gasteiger partial charge in [0, 0.05) is 31.0 Å². The van der Waals surface area contributed by atoms with Crippen LogP contribution in [0.25, 0.3) is 16.6 Å². The number of hydrogen-bond donors (Lipinski definition) is 2. The van der Waals surface area contributed by atoms with Gasteiger partial charge >= 0.3 is 0 Å². The van der Waals surface area contributed by atoms with E-state index in [0.29, 0.717) is 34.3 Å². The van der Waals surface area contributed by atoms with Crippen molar-refractivity contribution >= 4 is 22.7 Å². The van der Waals surface area contributed by atoms with Crippen molar-refractivity contribution < 1.29 is 14.7 Å². The zero-order chi connectivity index (χ0) is 21.5. The topological polar surface area (TPSA) is 125 Å². The van der Waals surface area contributed by atoms with Gasteiger partial charge in [0.15, 0.2) is 5.69 Å². The number of aliphatic hydroxyl groups is 1. The van der Waals surface area contributed by atoms with Gasteiger partial charge in [-0.3, -0.25) is 9.59 Å². The lowest BCUT2D eigenvalue weighted by Gasteiger charge is -2.13. The molecule has 30 heavy (non-hydrogen) atoms. The van der Waals surface area contributed by atoms with Crippen LogP contribution < -0.4 is 5.73 Å². The van der Waals surface area contributed by atoms with Gasteiger partial charge in [-0.2, -0.15) is 10.4 Å². The standard InChI is InChI=1S/C22H17N5O3/c1-26-10-9-22(30,21(26)29)8-7-14-3-2-4-16(11-14)27-18-6-5-15(13-23)12-17(18)19(25-27)20(24)28/h2-6,11-12,30H,9-10H2,1H3,(H2,24,28)/t22-/m0/s1. The summed E-state index contributed by atoms with van der Waals surface area (Å²) in [6.07, 6.45) is 0.252. The van der Waals surface area contributed by atoms with Crippen molar-refractivity contribution in [2.75, 3.05) is 13.6 Å². The predicted molar refractivity (Wildman–Crippen MR) is 108 cm³/mol. The second-order valence-corrected chi connectivity index (χ2v) is 7.11. The summed E-state index contributed by atoms with van der Waals surface area (Å²) in [6, 6.07) is 13.9. The molecular weight excluding hydrogens is 382 g/mol. The molecule has 8 nitrogen and oxygen atoms in total. The minimum Gasteiger partial charge on any atom is -0.369 e. The van der Waals surface area contributed by atoms with E-state index in [1.165, 1.54) is 4.90 Å². The van der Waals surface area contributed by atoms with Crippen molar-refractivity contribution in [3.63, 3.8) is 0 Å². The zero-order valence-corrected chi connectivity index (χ0v) is 16.1. The summed E-state index contributed by atoms with van der Waals surface area (Å²) in [5, 5.41) is 24.4. The minimum atomic E-state index is -1.68. The molecule has 0 unspecified atom stereocenters. The predicted octanol–water partition coefficient (Wildman–Crippen LogP) is 0.941. The van der Waals surface area contributed by atoms with Gasteiger partial charge in [-0.25, -0.2) is 4.68 Å². The number of carbonyl (C=O) groups excluding carboxylic acids is 2. The average Bonchev–Trinajstić information content (AvgIpc) is 3.26. The molecular formula is C22H17N5O3. The van der Waals surface area contributed by atoms with Gasteiger partial charge in [0.1, 0.15) is 0 Å². The van der Waals surface area contributed by atoms with Gasteiger partial charge in [-0.1, -0.05) is 17.9 Å². The minimum absolute atomic E-state index is 0.0625. The molecule has 1 aliphatic rings. The van der Waals surface area contributed by atoms with E-state index >= 15 is 0 Å². The Labute approximate surface area is 172 Å². The van der Waals surface area contributed by atoms with E-state index in [1.54, 1.807) is 54.2 Å². The second kappa shape index (κ2) is 7.03. The average molecular weight is 399 g/mol. The first-order valence-corrected chi connectivity index (χ1v) is 9.16. The number of fused-ring (bicyclic) bond motifs is 1. The Balaban J connectivity index is 1.78. The molecule has 2 amide bonds. The number of nitrogens with zero attached hydrogens (tertiary/aromatic N) is 4. The van der Waals surface area contributed by atoms with Crippen molar-refractivity contribution in [3.05, 3.63) is 59.3 Å². The number of amides is 2. The van der Waals surface area contributed by atoms with Crippen molar-refractivity contribution in [2.24, 2.45) is 5.73 Å². The van der Waals surface area contributed by atoms with E-state index in [1.807, 2.05) is 6.07 Å². The smallest absolute Gasteiger partial charge is 0.269 e. The van der Waals surface area contributed by atoms with E-state index in [-0.39, 0.29) is 12.1 Å². The molecule has 148 valence electrons. The van der Waals surface area contributed by atoms with Gasteiger partial charge in [0.25, 0.3) is 11.8 Å². The highest BCUT2D eigenvalue weighted by Gasteiger charge is 2.42. The second-order valence-electron chi connectivity index (χ2n) is 7.11. The van der Waals surface area contributed by atoms with Crippen LogP contribution in [0.3, 0.4) is 0 Å². The number of aromatic nitrogens is 2. The quantitative estimate of drug-likeness (QED) is 0.621. The number of likely N-dealkylation sites (N-methyl/N-ethyl adjacent to an activating group) is 1. The van der Waals surface area contributed by atoms with Crippen LogP contribution in [0.5, 0.6) is 0 Å². The third-order valence-corrected chi connectivity index (χ3v) is 5.06. The Morgan fingerprint density at radius 3 is 2.73 bits per heavy atom. The summed E-state index contributed by atoms with van der Waals surface area (Å²) >= 11 is 0. The molecule has 1 aliphatic heterocycles. The number of carbonyl (C=O) groups is 2. The highest BCUT2D eigenvalue weighted by atomic mass is 16.3. The number of nitrogens with two attached hydrogens (primary N) is 1.